The number of carboxylic acids is 2. The molecule has 51 heavy (non-hydrogen) atoms. The fourth-order valence-corrected chi connectivity index (χ4v) is 5.99. The number of carbonyl (C=O) groups excluding carboxylic acids is 2. The third kappa shape index (κ3) is 8.82. The van der Waals surface area contributed by atoms with Crippen LogP contribution in [0.3, 0.4) is 0 Å². The molecule has 0 saturated carbocycles. The van der Waals surface area contributed by atoms with E-state index in [1.54, 1.807) is 0 Å². The van der Waals surface area contributed by atoms with Gasteiger partial charge in [0.15, 0.2) is 0 Å². The van der Waals surface area contributed by atoms with Crippen LogP contribution in [0.5, 0.6) is 23.0 Å². The summed E-state index contributed by atoms with van der Waals surface area (Å²) >= 11 is 0. The Morgan fingerprint density at radius 1 is 0.510 bits per heavy atom. The van der Waals surface area contributed by atoms with E-state index < -0.39 is 99.0 Å². The number of benzene rings is 4. The van der Waals surface area contributed by atoms with E-state index in [0.29, 0.717) is 0 Å². The minimum atomic E-state index is -5.08. The van der Waals surface area contributed by atoms with Gasteiger partial charge in [0.2, 0.25) is 0 Å². The molecule has 0 aliphatic heterocycles. The minimum Gasteiger partial charge on any atom is -0.507 e. The molecule has 0 aliphatic rings. The molecule has 10 N–H and O–H groups in total. The van der Waals surface area contributed by atoms with E-state index in [1.165, 1.54) is 0 Å². The third-order valence-electron chi connectivity index (χ3n) is 6.75. The molecule has 0 fully saturated rings. The fraction of sp³-hybridized carbons (Fsp3) is 0. The van der Waals surface area contributed by atoms with Crippen LogP contribution >= 0.6 is 0 Å². The van der Waals surface area contributed by atoms with Gasteiger partial charge in [-0.2, -0.15) is 16.8 Å². The molecule has 0 aromatic heterocycles. The molecule has 0 radical (unpaired) electrons. The quantitative estimate of drug-likeness (QED) is 0.0443. The molecule has 0 aliphatic carbocycles. The molecule has 4 aromatic carbocycles. The zero-order valence-electron chi connectivity index (χ0n) is 25.6. The predicted molar refractivity (Wildman–Crippen MR) is 171 cm³/mol. The van der Waals surface area contributed by atoms with Crippen LogP contribution in [0.2, 0.25) is 0 Å². The number of phenolic OH excluding ortho intramolecular Hbond substituents is 2. The van der Waals surface area contributed by atoms with E-state index in [4.69, 9.17) is 0 Å². The van der Waals surface area contributed by atoms with Crippen molar-refractivity contribution < 1.29 is 105 Å². The van der Waals surface area contributed by atoms with Gasteiger partial charge in [-0.15, -0.1) is 0 Å². The van der Waals surface area contributed by atoms with Crippen molar-refractivity contribution in [2.75, 3.05) is 10.6 Å². The largest absolute Gasteiger partial charge is 1.00 e. The molecule has 4 rings (SSSR count). The predicted octanol–water partition coefficient (Wildman–Crippen LogP) is 0.0778. The Bertz CT molecular complexity index is 2210. The van der Waals surface area contributed by atoms with Gasteiger partial charge in [-0.05, 0) is 59.7 Å². The summed E-state index contributed by atoms with van der Waals surface area (Å²) in [6, 6.07) is 9.00. The standard InChI is InChI=1S/C30H22N2O16S2.Na/c33-17-7-9-19(35)25(29(39)40)23(17)27(37)31-15-5-3-13(21(11-15)49(43,44)45)1-2-14-4-6-16(12-22(14)50(46,47)48)32-28(38)24-18(34)8-10-20(36)26(24)30(41)42;/h1-12,33-36H,(H,31,37)(H,32,38)(H,39,40)(H,41,42)(H,43,44,45)(H,46,47,48);/q;+1/b2-1+;. The first-order valence-corrected chi connectivity index (χ1v) is 16.2. The Morgan fingerprint density at radius 3 is 1.08 bits per heavy atom. The fourth-order valence-electron chi connectivity index (χ4n) is 4.57. The normalized spacial score (nSPS) is 11.4. The number of amides is 2. The summed E-state index contributed by atoms with van der Waals surface area (Å²) in [7, 11) is -10.2. The summed E-state index contributed by atoms with van der Waals surface area (Å²) in [4.78, 5) is 47.1. The summed E-state index contributed by atoms with van der Waals surface area (Å²) < 4.78 is 68.6. The molecule has 0 spiro atoms. The van der Waals surface area contributed by atoms with Crippen molar-refractivity contribution >= 4 is 67.5 Å². The Morgan fingerprint density at radius 2 is 0.804 bits per heavy atom. The summed E-state index contributed by atoms with van der Waals surface area (Å²) in [5.74, 6) is -9.52. The van der Waals surface area contributed by atoms with Crippen LogP contribution in [0.1, 0.15) is 52.6 Å². The Kier molecular flexibility index (Phi) is 11.9. The van der Waals surface area contributed by atoms with Crippen molar-refractivity contribution in [3.8, 4) is 23.0 Å². The van der Waals surface area contributed by atoms with Crippen LogP contribution in [0.25, 0.3) is 12.2 Å². The van der Waals surface area contributed by atoms with E-state index in [0.717, 1.165) is 72.8 Å². The third-order valence-corrected chi connectivity index (χ3v) is 8.56. The van der Waals surface area contributed by atoms with Gasteiger partial charge >= 0.3 is 41.5 Å². The maximum absolute atomic E-state index is 12.8. The number of carbonyl (C=O) groups is 4. The van der Waals surface area contributed by atoms with Gasteiger partial charge in [-0.25, -0.2) is 9.59 Å². The number of aromatic hydroxyl groups is 4. The van der Waals surface area contributed by atoms with Crippen LogP contribution in [0.15, 0.2) is 70.5 Å². The van der Waals surface area contributed by atoms with Crippen molar-refractivity contribution in [3.05, 3.63) is 94.0 Å². The van der Waals surface area contributed by atoms with Gasteiger partial charge < -0.3 is 41.3 Å². The van der Waals surface area contributed by atoms with Crippen molar-refractivity contribution in [1.29, 1.82) is 0 Å². The molecule has 260 valence electrons. The van der Waals surface area contributed by atoms with Gasteiger partial charge in [-0.1, -0.05) is 24.3 Å². The average Bonchev–Trinajstić information content (AvgIpc) is 3.01. The zero-order chi connectivity index (χ0) is 37.3. The van der Waals surface area contributed by atoms with Crippen molar-refractivity contribution in [1.82, 2.24) is 0 Å². The Balaban J connectivity index is 0.00000702. The molecule has 2 amide bonds. The van der Waals surface area contributed by atoms with E-state index in [9.17, 15) is 75.8 Å². The number of aromatic carboxylic acids is 2. The van der Waals surface area contributed by atoms with Gasteiger partial charge in [0.1, 0.15) is 43.9 Å². The topological polar surface area (TPSA) is 322 Å². The second-order valence-electron chi connectivity index (χ2n) is 10.0. The maximum Gasteiger partial charge on any atom is 1.00 e. The first-order valence-electron chi connectivity index (χ1n) is 13.3. The van der Waals surface area contributed by atoms with Gasteiger partial charge in [0, 0.05) is 11.4 Å². The molecule has 21 heteroatoms. The number of hydrogen-bond acceptors (Lipinski definition) is 12. The second kappa shape index (κ2) is 15.2. The van der Waals surface area contributed by atoms with Crippen molar-refractivity contribution in [2.24, 2.45) is 0 Å². The van der Waals surface area contributed by atoms with Crippen LogP contribution in [0.4, 0.5) is 11.4 Å². The van der Waals surface area contributed by atoms with Crippen LogP contribution in [0, 0.1) is 0 Å². The van der Waals surface area contributed by atoms with Crippen LogP contribution in [-0.4, -0.2) is 80.3 Å². The number of phenols is 4. The SMILES string of the molecule is O=C(O)c1c(O)ccc(O)c1C(=O)Nc1ccc(/C=C/c2ccc(NC(=O)c3c(O)ccc(O)c3C(=O)O)cc2S(=O)(=O)O)c(S(=O)(=O)O)c1.[Na+]. The maximum atomic E-state index is 12.8. The molecule has 0 saturated heterocycles. The molecule has 4 aromatic rings. The molecular formula is C30H22N2NaO16S2+. The van der Waals surface area contributed by atoms with E-state index in [-0.39, 0.29) is 52.1 Å². The van der Waals surface area contributed by atoms with E-state index >= 15 is 0 Å². The number of carboxylic acid groups (broad SMARTS) is 2. The number of hydrogen-bond donors (Lipinski definition) is 10. The zero-order valence-corrected chi connectivity index (χ0v) is 29.2. The summed E-state index contributed by atoms with van der Waals surface area (Å²) in [5.41, 5.74) is -4.96. The van der Waals surface area contributed by atoms with E-state index in [2.05, 4.69) is 10.6 Å². The molecule has 18 nitrogen and oxygen atoms in total. The monoisotopic (exact) mass is 753 g/mol. The second-order valence-corrected chi connectivity index (χ2v) is 12.8. The first kappa shape index (κ1) is 40.0. The van der Waals surface area contributed by atoms with E-state index in [1.807, 2.05) is 0 Å². The summed E-state index contributed by atoms with van der Waals surface area (Å²) in [6.45, 7) is 0. The summed E-state index contributed by atoms with van der Waals surface area (Å²) in [6.07, 6.45) is 1.95. The van der Waals surface area contributed by atoms with Crippen LogP contribution in [-0.2, 0) is 20.2 Å². The Labute approximate surface area is 308 Å². The molecule has 0 heterocycles. The molecular weight excluding hydrogens is 731 g/mol. The first-order chi connectivity index (χ1) is 23.2. The van der Waals surface area contributed by atoms with Gasteiger partial charge in [0.25, 0.3) is 32.1 Å². The Hall–Kier alpha value is -5.48. The molecule has 0 unspecified atom stereocenters. The number of nitrogens with one attached hydrogen (secondary N) is 2. The number of rotatable bonds is 10. The smallest absolute Gasteiger partial charge is 0.507 e. The van der Waals surface area contributed by atoms with Crippen molar-refractivity contribution in [3.63, 3.8) is 0 Å². The number of anilines is 2. The van der Waals surface area contributed by atoms with Gasteiger partial charge in [-0.3, -0.25) is 18.7 Å². The molecule has 0 atom stereocenters. The average molecular weight is 754 g/mol. The van der Waals surface area contributed by atoms with Crippen LogP contribution < -0.4 is 40.2 Å². The summed E-state index contributed by atoms with van der Waals surface area (Å²) in [5, 5.41) is 62.8. The van der Waals surface area contributed by atoms with Gasteiger partial charge in [0.05, 0.1) is 11.1 Å². The van der Waals surface area contributed by atoms with Crippen molar-refractivity contribution in [2.45, 2.75) is 9.79 Å². The molecule has 0 bridgehead atoms. The minimum absolute atomic E-state index is 0.